The molecule has 2 aromatic heterocycles. The number of rotatable bonds is 7. The molecule has 4 aromatic rings. The van der Waals surface area contributed by atoms with E-state index in [4.69, 9.17) is 9.47 Å². The van der Waals surface area contributed by atoms with Crippen LogP contribution in [0, 0.1) is 5.41 Å². The second kappa shape index (κ2) is 10.1. The molecular weight excluding hydrogens is 480 g/mol. The molecule has 196 valence electrons. The van der Waals surface area contributed by atoms with Crippen LogP contribution in [0.1, 0.15) is 49.2 Å². The zero-order valence-electron chi connectivity index (χ0n) is 22.2. The summed E-state index contributed by atoms with van der Waals surface area (Å²) in [7, 11) is 1.67. The fraction of sp³-hybridized carbons (Fsp3) is 0.323. The van der Waals surface area contributed by atoms with E-state index in [1.165, 1.54) is 12.3 Å². The summed E-state index contributed by atoms with van der Waals surface area (Å²) in [5.41, 5.74) is 4.44. The van der Waals surface area contributed by atoms with Crippen LogP contribution in [0.4, 0.5) is 0 Å². The number of hydrogen-bond acceptors (Lipinski definition) is 5. The number of carbonyl (C=O) groups is 1. The topological polar surface area (TPSA) is 90.7 Å². The lowest BCUT2D eigenvalue weighted by molar-refractivity contribution is 0.0693. The fourth-order valence-electron chi connectivity index (χ4n) is 5.19. The van der Waals surface area contributed by atoms with Gasteiger partial charge in [-0.25, -0.2) is 4.79 Å². The van der Waals surface area contributed by atoms with Crippen LogP contribution in [0.3, 0.4) is 0 Å². The van der Waals surface area contributed by atoms with E-state index in [0.717, 1.165) is 45.3 Å². The lowest BCUT2D eigenvalue weighted by atomic mass is 9.78. The Kier molecular flexibility index (Phi) is 6.80. The first-order valence-electron chi connectivity index (χ1n) is 12.8. The first kappa shape index (κ1) is 25.7. The summed E-state index contributed by atoms with van der Waals surface area (Å²) < 4.78 is 13.5. The molecule has 1 aliphatic rings. The number of pyridine rings is 2. The molecule has 1 aliphatic heterocycles. The van der Waals surface area contributed by atoms with Crippen molar-refractivity contribution in [3.63, 3.8) is 0 Å². The van der Waals surface area contributed by atoms with Crippen LogP contribution in [0.15, 0.2) is 65.7 Å². The van der Waals surface area contributed by atoms with Gasteiger partial charge in [0.25, 0.3) is 0 Å². The van der Waals surface area contributed by atoms with E-state index in [-0.39, 0.29) is 17.0 Å². The van der Waals surface area contributed by atoms with Gasteiger partial charge in [0.2, 0.25) is 0 Å². The van der Waals surface area contributed by atoms with Gasteiger partial charge in [-0.1, -0.05) is 39.0 Å². The number of aromatic carboxylic acids is 1. The lowest BCUT2D eigenvalue weighted by Crippen LogP contribution is -2.32. The number of hydrogen-bond donors (Lipinski definition) is 1. The van der Waals surface area contributed by atoms with Gasteiger partial charge < -0.3 is 19.1 Å². The molecule has 7 nitrogen and oxygen atoms in total. The molecule has 0 unspecified atom stereocenters. The Balaban J connectivity index is 1.72. The molecule has 7 heteroatoms. The van der Waals surface area contributed by atoms with Gasteiger partial charge in [0.05, 0.1) is 17.8 Å². The first-order valence-corrected chi connectivity index (χ1v) is 12.8. The average molecular weight is 513 g/mol. The number of carboxylic acids is 1. The number of para-hydroxylation sites is 1. The molecule has 0 bridgehead atoms. The third-order valence-corrected chi connectivity index (χ3v) is 7.19. The van der Waals surface area contributed by atoms with Gasteiger partial charge in [0.15, 0.2) is 5.43 Å². The van der Waals surface area contributed by atoms with E-state index < -0.39 is 11.4 Å². The Morgan fingerprint density at radius 2 is 1.89 bits per heavy atom. The van der Waals surface area contributed by atoms with Crippen LogP contribution in [0.2, 0.25) is 0 Å². The maximum atomic E-state index is 12.8. The van der Waals surface area contributed by atoms with Crippen molar-refractivity contribution in [3.8, 4) is 28.1 Å². The van der Waals surface area contributed by atoms with Gasteiger partial charge >= 0.3 is 5.97 Å². The molecule has 0 saturated heterocycles. The number of nitrogens with zero attached hydrogens (tertiary/aromatic N) is 2. The Hall–Kier alpha value is -3.97. The first-order chi connectivity index (χ1) is 18.2. The SMILES string of the molecule is COCCCOc1cc2c(cc1-c1cnc3ccccc3c1)-c1cc(=O)c(C(=O)O)cn1[C@H](C(C)(C)C)C2. The minimum atomic E-state index is -1.22. The van der Waals surface area contributed by atoms with E-state index in [9.17, 15) is 14.7 Å². The molecule has 0 aliphatic carbocycles. The van der Waals surface area contributed by atoms with Crippen molar-refractivity contribution >= 4 is 16.9 Å². The van der Waals surface area contributed by atoms with E-state index in [0.29, 0.717) is 25.3 Å². The predicted molar refractivity (Wildman–Crippen MR) is 148 cm³/mol. The normalized spacial score (nSPS) is 14.7. The van der Waals surface area contributed by atoms with Gasteiger partial charge in [-0.3, -0.25) is 9.78 Å². The Labute approximate surface area is 221 Å². The fourth-order valence-corrected chi connectivity index (χ4v) is 5.19. The molecule has 1 N–H and O–H groups in total. The smallest absolute Gasteiger partial charge is 0.341 e. The molecule has 0 amide bonds. The van der Waals surface area contributed by atoms with Crippen molar-refractivity contribution in [1.29, 1.82) is 0 Å². The monoisotopic (exact) mass is 512 g/mol. The molecule has 1 atom stereocenters. The van der Waals surface area contributed by atoms with Gasteiger partial charge in [0, 0.05) is 66.7 Å². The van der Waals surface area contributed by atoms with Gasteiger partial charge in [0.1, 0.15) is 11.3 Å². The van der Waals surface area contributed by atoms with Crippen LogP contribution < -0.4 is 10.2 Å². The van der Waals surface area contributed by atoms with E-state index in [1.807, 2.05) is 35.0 Å². The standard InChI is InChI=1S/C31H32N2O5/c1-31(2,3)29-14-20-13-28(38-11-7-10-37-4)23(21-12-19-8-5-6-9-25(19)32-17-21)15-22(20)26-16-27(34)24(30(35)36)18-33(26)29/h5-6,8-9,12-13,15-18,29H,7,10-11,14H2,1-4H3,(H,35,36)/t29-/m0/s1. The summed E-state index contributed by atoms with van der Waals surface area (Å²) >= 11 is 0. The molecule has 38 heavy (non-hydrogen) atoms. The maximum absolute atomic E-state index is 12.8. The number of ether oxygens (including phenoxy) is 2. The highest BCUT2D eigenvalue weighted by atomic mass is 16.5. The summed E-state index contributed by atoms with van der Waals surface area (Å²) in [6, 6.07) is 15.6. The number of carboxylic acid groups (broad SMARTS) is 1. The minimum absolute atomic E-state index is 0.0433. The van der Waals surface area contributed by atoms with E-state index in [2.05, 4.69) is 44.0 Å². The Morgan fingerprint density at radius 1 is 1.11 bits per heavy atom. The predicted octanol–water partition coefficient (Wildman–Crippen LogP) is 5.99. The zero-order valence-corrected chi connectivity index (χ0v) is 22.2. The molecule has 0 spiro atoms. The molecule has 5 rings (SSSR count). The number of methoxy groups -OCH3 is 1. The average Bonchev–Trinajstić information content (AvgIpc) is 2.89. The van der Waals surface area contributed by atoms with Crippen LogP contribution >= 0.6 is 0 Å². The molecule has 0 fully saturated rings. The van der Waals surface area contributed by atoms with Crippen molar-refractivity contribution < 1.29 is 19.4 Å². The molecule has 2 aromatic carbocycles. The Morgan fingerprint density at radius 3 is 2.63 bits per heavy atom. The van der Waals surface area contributed by atoms with Crippen molar-refractivity contribution in [1.82, 2.24) is 9.55 Å². The summed E-state index contributed by atoms with van der Waals surface area (Å²) in [4.78, 5) is 29.3. The highest BCUT2D eigenvalue weighted by Gasteiger charge is 2.34. The van der Waals surface area contributed by atoms with E-state index in [1.54, 1.807) is 7.11 Å². The van der Waals surface area contributed by atoms with Gasteiger partial charge in [-0.05, 0) is 41.7 Å². The van der Waals surface area contributed by atoms with Crippen LogP contribution in [0.25, 0.3) is 33.3 Å². The largest absolute Gasteiger partial charge is 0.493 e. The third kappa shape index (κ3) is 4.82. The molecule has 0 radical (unpaired) electrons. The molecule has 0 saturated carbocycles. The van der Waals surface area contributed by atoms with Crippen molar-refractivity contribution in [2.24, 2.45) is 5.41 Å². The van der Waals surface area contributed by atoms with Crippen molar-refractivity contribution in [3.05, 3.63) is 82.3 Å². The summed E-state index contributed by atoms with van der Waals surface area (Å²) in [5.74, 6) is -0.464. The maximum Gasteiger partial charge on any atom is 0.341 e. The quantitative estimate of drug-likeness (QED) is 0.306. The van der Waals surface area contributed by atoms with Crippen LogP contribution in [-0.4, -0.2) is 41.0 Å². The van der Waals surface area contributed by atoms with Crippen molar-refractivity contribution in [2.75, 3.05) is 20.3 Å². The zero-order chi connectivity index (χ0) is 27.0. The summed E-state index contributed by atoms with van der Waals surface area (Å²) in [5, 5.41) is 10.7. The highest BCUT2D eigenvalue weighted by molar-refractivity contribution is 5.89. The third-order valence-electron chi connectivity index (χ3n) is 7.19. The van der Waals surface area contributed by atoms with Crippen LogP contribution in [0.5, 0.6) is 5.75 Å². The number of benzene rings is 2. The summed E-state index contributed by atoms with van der Waals surface area (Å²) in [6.07, 6.45) is 4.78. The molecule has 3 heterocycles. The second-order valence-corrected chi connectivity index (χ2v) is 10.9. The molecular formula is C31H32N2O5. The number of aromatic nitrogens is 2. The van der Waals surface area contributed by atoms with Gasteiger partial charge in [-0.2, -0.15) is 0 Å². The van der Waals surface area contributed by atoms with Crippen LogP contribution in [-0.2, 0) is 11.2 Å². The van der Waals surface area contributed by atoms with E-state index >= 15 is 0 Å². The van der Waals surface area contributed by atoms with Gasteiger partial charge in [-0.15, -0.1) is 0 Å². The summed E-state index contributed by atoms with van der Waals surface area (Å²) in [6.45, 7) is 7.49. The Bertz CT molecular complexity index is 1580. The second-order valence-electron chi connectivity index (χ2n) is 10.9. The number of fused-ring (bicyclic) bond motifs is 4. The lowest BCUT2D eigenvalue weighted by Gasteiger charge is -2.39. The minimum Gasteiger partial charge on any atom is -0.493 e. The highest BCUT2D eigenvalue weighted by Crippen LogP contribution is 2.46. The van der Waals surface area contributed by atoms with Crippen molar-refractivity contribution in [2.45, 2.75) is 39.7 Å².